The summed E-state index contributed by atoms with van der Waals surface area (Å²) in [7, 11) is 0.618. The van der Waals surface area contributed by atoms with E-state index in [9.17, 15) is 13.2 Å². The minimum absolute atomic E-state index is 0.0135. The highest BCUT2D eigenvalue weighted by atomic mass is 32.2. The molecule has 0 aliphatic rings. The van der Waals surface area contributed by atoms with E-state index in [1.165, 1.54) is 0 Å². The number of Topliss-reactive ketones (excluding diaryl/α,β-unsaturated/α-hetero) is 1. The van der Waals surface area contributed by atoms with Crippen LogP contribution in [0.3, 0.4) is 0 Å². The van der Waals surface area contributed by atoms with Gasteiger partial charge >= 0.3 is 0 Å². The number of ketones is 1. The maximum Gasteiger partial charge on any atom is 0.153 e. The van der Waals surface area contributed by atoms with Gasteiger partial charge in [-0.25, -0.2) is 8.42 Å². The molecule has 0 saturated heterocycles. The first-order valence-electron chi connectivity index (χ1n) is 5.02. The summed E-state index contributed by atoms with van der Waals surface area (Å²) >= 11 is 0. The number of sulfone groups is 1. The molecule has 0 spiro atoms. The second-order valence-corrected chi connectivity index (χ2v) is 6.58. The summed E-state index contributed by atoms with van der Waals surface area (Å²) in [6.45, 7) is 3.77. The van der Waals surface area contributed by atoms with Gasteiger partial charge in [-0.05, 0) is 27.4 Å². The Morgan fingerprint density at radius 3 is 2.07 bits per heavy atom. The molecule has 1 atom stereocenters. The zero-order valence-electron chi connectivity index (χ0n) is 10.2. The molecule has 90 valence electrons. The number of hydrogen-bond acceptors (Lipinski definition) is 4. The highest BCUT2D eigenvalue weighted by Crippen LogP contribution is 2.19. The van der Waals surface area contributed by atoms with Crippen molar-refractivity contribution in [1.82, 2.24) is 4.90 Å². The van der Waals surface area contributed by atoms with Crippen molar-refractivity contribution in [2.75, 3.05) is 26.1 Å². The Hall–Kier alpha value is -0.420. The molecule has 0 aromatic carbocycles. The van der Waals surface area contributed by atoms with Crippen LogP contribution in [-0.4, -0.2) is 50.7 Å². The summed E-state index contributed by atoms with van der Waals surface area (Å²) in [6, 6.07) is 0. The molecule has 0 aliphatic carbocycles. The van der Waals surface area contributed by atoms with E-state index >= 15 is 0 Å². The summed E-state index contributed by atoms with van der Waals surface area (Å²) in [6.07, 6.45) is 1.93. The Kier molecular flexibility index (Phi) is 4.93. The minimum Gasteiger partial charge on any atom is -0.298 e. The summed E-state index contributed by atoms with van der Waals surface area (Å²) in [5.41, 5.74) is -0.551. The van der Waals surface area contributed by atoms with E-state index in [1.807, 2.05) is 32.8 Å². The smallest absolute Gasteiger partial charge is 0.153 e. The van der Waals surface area contributed by atoms with E-state index in [-0.39, 0.29) is 18.0 Å². The lowest BCUT2D eigenvalue weighted by Gasteiger charge is -2.34. The van der Waals surface area contributed by atoms with E-state index in [1.54, 1.807) is 0 Å². The highest BCUT2D eigenvalue weighted by molar-refractivity contribution is 7.90. The normalized spacial score (nSPS) is 16.4. The Balaban J connectivity index is 4.56. The van der Waals surface area contributed by atoms with E-state index in [2.05, 4.69) is 0 Å². The van der Waals surface area contributed by atoms with Crippen LogP contribution in [0.1, 0.15) is 26.7 Å². The number of nitrogens with zero attached hydrogens (tertiary/aromatic N) is 1. The predicted octanol–water partition coefficient (Wildman–Crippen LogP) is 0.720. The van der Waals surface area contributed by atoms with E-state index < -0.39 is 15.4 Å². The van der Waals surface area contributed by atoms with Crippen molar-refractivity contribution >= 4 is 15.6 Å². The Bertz CT molecular complexity index is 322. The summed E-state index contributed by atoms with van der Waals surface area (Å²) in [5.74, 6) is -0.0737. The van der Waals surface area contributed by atoms with Gasteiger partial charge < -0.3 is 0 Å². The van der Waals surface area contributed by atoms with Crippen LogP contribution in [0, 0.1) is 0 Å². The van der Waals surface area contributed by atoms with Gasteiger partial charge in [0.15, 0.2) is 5.78 Å². The fourth-order valence-corrected chi connectivity index (χ4v) is 1.87. The maximum atomic E-state index is 11.9. The number of carbonyl (C=O) groups is 1. The first-order valence-corrected chi connectivity index (χ1v) is 7.08. The Morgan fingerprint density at radius 1 is 1.33 bits per heavy atom. The zero-order chi connectivity index (χ0) is 12.3. The third-order valence-corrected chi connectivity index (χ3v) is 3.92. The molecule has 0 amide bonds. The van der Waals surface area contributed by atoms with Gasteiger partial charge in [-0.3, -0.25) is 9.69 Å². The molecule has 0 aromatic heterocycles. The van der Waals surface area contributed by atoms with Gasteiger partial charge in [0.1, 0.15) is 9.84 Å². The van der Waals surface area contributed by atoms with Crippen LogP contribution in [0.4, 0.5) is 0 Å². The average Bonchev–Trinajstić information content (AvgIpc) is 2.11. The van der Waals surface area contributed by atoms with Crippen molar-refractivity contribution in [3.8, 4) is 0 Å². The Morgan fingerprint density at radius 2 is 1.80 bits per heavy atom. The lowest BCUT2D eigenvalue weighted by molar-refractivity contribution is -0.128. The van der Waals surface area contributed by atoms with Gasteiger partial charge in [-0.2, -0.15) is 0 Å². The van der Waals surface area contributed by atoms with Crippen LogP contribution < -0.4 is 0 Å². The maximum absolute atomic E-state index is 11.9. The third kappa shape index (κ3) is 4.30. The molecule has 0 fully saturated rings. The second-order valence-electron chi connectivity index (χ2n) is 4.32. The van der Waals surface area contributed by atoms with Gasteiger partial charge in [0.05, 0.1) is 11.3 Å². The quantitative estimate of drug-likeness (QED) is 0.681. The van der Waals surface area contributed by atoms with Crippen molar-refractivity contribution in [3.63, 3.8) is 0 Å². The van der Waals surface area contributed by atoms with Crippen LogP contribution in [0.2, 0.25) is 0 Å². The molecule has 0 N–H and O–H groups in total. The fraction of sp³-hybridized carbons (Fsp3) is 0.900. The molecular formula is C10H21NO3S. The predicted molar refractivity (Wildman–Crippen MR) is 61.7 cm³/mol. The monoisotopic (exact) mass is 235 g/mol. The molecule has 0 saturated carbocycles. The molecule has 0 rings (SSSR count). The van der Waals surface area contributed by atoms with Crippen LogP contribution in [0.25, 0.3) is 0 Å². The van der Waals surface area contributed by atoms with Crippen molar-refractivity contribution in [2.45, 2.75) is 32.2 Å². The van der Waals surface area contributed by atoms with E-state index in [0.29, 0.717) is 6.42 Å². The van der Waals surface area contributed by atoms with Crippen molar-refractivity contribution < 1.29 is 13.2 Å². The summed E-state index contributed by atoms with van der Waals surface area (Å²) < 4.78 is 21.9. The SMILES string of the molecule is CCC(C)(C(=O)CCS(C)(=O)=O)N(C)C. The van der Waals surface area contributed by atoms with Gasteiger partial charge in [0.25, 0.3) is 0 Å². The van der Waals surface area contributed by atoms with Crippen molar-refractivity contribution in [1.29, 1.82) is 0 Å². The summed E-state index contributed by atoms with van der Waals surface area (Å²) in [4.78, 5) is 13.7. The van der Waals surface area contributed by atoms with Gasteiger partial charge in [-0.15, -0.1) is 0 Å². The average molecular weight is 235 g/mol. The van der Waals surface area contributed by atoms with Crippen LogP contribution in [0.15, 0.2) is 0 Å². The first-order chi connectivity index (χ1) is 6.63. The lowest BCUT2D eigenvalue weighted by atomic mass is 9.90. The largest absolute Gasteiger partial charge is 0.298 e. The fourth-order valence-electron chi connectivity index (χ4n) is 1.31. The summed E-state index contributed by atoms with van der Waals surface area (Å²) in [5, 5.41) is 0. The molecule has 0 aliphatic heterocycles. The van der Waals surface area contributed by atoms with Crippen molar-refractivity contribution in [3.05, 3.63) is 0 Å². The second kappa shape index (κ2) is 5.07. The molecule has 1 unspecified atom stereocenters. The standard InChI is InChI=1S/C10H21NO3S/c1-6-10(2,11(3)4)9(12)7-8-15(5,13)14/h6-8H2,1-5H3. The van der Waals surface area contributed by atoms with Crippen molar-refractivity contribution in [2.24, 2.45) is 0 Å². The molecule has 0 bridgehead atoms. The molecule has 5 heteroatoms. The topological polar surface area (TPSA) is 54.5 Å². The van der Waals surface area contributed by atoms with Gasteiger partial charge in [0.2, 0.25) is 0 Å². The third-order valence-electron chi connectivity index (χ3n) is 2.98. The minimum atomic E-state index is -3.05. The molecule has 0 radical (unpaired) electrons. The number of rotatable bonds is 6. The van der Waals surface area contributed by atoms with Crippen LogP contribution in [-0.2, 0) is 14.6 Å². The van der Waals surface area contributed by atoms with Crippen LogP contribution in [0.5, 0.6) is 0 Å². The zero-order valence-corrected chi connectivity index (χ0v) is 11.0. The number of likely N-dealkylation sites (N-methyl/N-ethyl adjacent to an activating group) is 1. The van der Waals surface area contributed by atoms with E-state index in [0.717, 1.165) is 6.26 Å². The molecule has 0 aromatic rings. The van der Waals surface area contributed by atoms with Crippen LogP contribution >= 0.6 is 0 Å². The van der Waals surface area contributed by atoms with E-state index in [4.69, 9.17) is 0 Å². The molecule has 4 nitrogen and oxygen atoms in total. The Labute approximate surface area is 92.6 Å². The molecule has 15 heavy (non-hydrogen) atoms. The van der Waals surface area contributed by atoms with Gasteiger partial charge in [-0.1, -0.05) is 6.92 Å². The first kappa shape index (κ1) is 14.6. The highest BCUT2D eigenvalue weighted by Gasteiger charge is 2.33. The number of hydrogen-bond donors (Lipinski definition) is 0. The van der Waals surface area contributed by atoms with Gasteiger partial charge in [0, 0.05) is 12.7 Å². The number of carbonyl (C=O) groups excluding carboxylic acids is 1. The molecule has 0 heterocycles. The molecular weight excluding hydrogens is 214 g/mol. The lowest BCUT2D eigenvalue weighted by Crippen LogP contribution is -2.48.